The number of ether oxygens (including phenoxy) is 1. The molecule has 0 atom stereocenters. The van der Waals surface area contributed by atoms with E-state index in [2.05, 4.69) is 27.0 Å². The van der Waals surface area contributed by atoms with Crippen molar-refractivity contribution in [3.8, 4) is 5.75 Å². The smallest absolute Gasteiger partial charge is 0.136 e. The molecule has 2 N–H and O–H groups in total. The van der Waals surface area contributed by atoms with Gasteiger partial charge in [0.05, 0.1) is 11.1 Å². The lowest BCUT2D eigenvalue weighted by atomic mass is 10.1. The first-order valence-electron chi connectivity index (χ1n) is 6.30. The van der Waals surface area contributed by atoms with Crippen LogP contribution in [0.15, 0.2) is 47.2 Å². The normalized spacial score (nSPS) is 10.4. The summed E-state index contributed by atoms with van der Waals surface area (Å²) in [6.45, 7) is 1.27. The standard InChI is InChI=1S/C15H17BrN2O/c16-14-3-1-2-13(4-8-17)15(14)19-11-7-12-5-9-18-10-6-12/h1-3,5-6,9-10H,4,7-8,11,17H2. The highest BCUT2D eigenvalue weighted by molar-refractivity contribution is 9.10. The van der Waals surface area contributed by atoms with Gasteiger partial charge in [-0.25, -0.2) is 0 Å². The topological polar surface area (TPSA) is 48.1 Å². The Bertz CT molecular complexity index is 517. The minimum Gasteiger partial charge on any atom is -0.492 e. The molecule has 1 heterocycles. The zero-order chi connectivity index (χ0) is 13.5. The van der Waals surface area contributed by atoms with Gasteiger partial charge < -0.3 is 10.5 Å². The van der Waals surface area contributed by atoms with E-state index in [1.165, 1.54) is 5.56 Å². The fourth-order valence-corrected chi connectivity index (χ4v) is 2.41. The molecule has 3 nitrogen and oxygen atoms in total. The lowest BCUT2D eigenvalue weighted by molar-refractivity contribution is 0.316. The number of halogens is 1. The maximum Gasteiger partial charge on any atom is 0.136 e. The van der Waals surface area contributed by atoms with Crippen LogP contribution in [0, 0.1) is 0 Å². The molecular formula is C15H17BrN2O. The molecule has 0 aliphatic carbocycles. The third-order valence-corrected chi connectivity index (χ3v) is 3.47. The van der Waals surface area contributed by atoms with Crippen LogP contribution in [-0.2, 0) is 12.8 Å². The van der Waals surface area contributed by atoms with Gasteiger partial charge in [0, 0.05) is 18.8 Å². The van der Waals surface area contributed by atoms with E-state index in [4.69, 9.17) is 10.5 Å². The fourth-order valence-electron chi connectivity index (χ4n) is 1.89. The van der Waals surface area contributed by atoms with Crippen molar-refractivity contribution >= 4 is 15.9 Å². The molecular weight excluding hydrogens is 304 g/mol. The van der Waals surface area contributed by atoms with E-state index in [0.717, 1.165) is 28.6 Å². The molecule has 19 heavy (non-hydrogen) atoms. The Morgan fingerprint density at radius 2 is 1.89 bits per heavy atom. The van der Waals surface area contributed by atoms with Crippen molar-refractivity contribution in [2.45, 2.75) is 12.8 Å². The Balaban J connectivity index is 1.99. The summed E-state index contributed by atoms with van der Waals surface area (Å²) in [6.07, 6.45) is 5.29. The zero-order valence-electron chi connectivity index (χ0n) is 10.7. The molecule has 0 aliphatic heterocycles. The lowest BCUT2D eigenvalue weighted by Crippen LogP contribution is -2.07. The van der Waals surface area contributed by atoms with Crippen molar-refractivity contribution in [2.24, 2.45) is 5.73 Å². The van der Waals surface area contributed by atoms with E-state index >= 15 is 0 Å². The lowest BCUT2D eigenvalue weighted by Gasteiger charge is -2.13. The van der Waals surface area contributed by atoms with Crippen LogP contribution in [0.25, 0.3) is 0 Å². The van der Waals surface area contributed by atoms with E-state index in [0.29, 0.717) is 13.2 Å². The van der Waals surface area contributed by atoms with Gasteiger partial charge in [0.2, 0.25) is 0 Å². The zero-order valence-corrected chi connectivity index (χ0v) is 12.3. The Morgan fingerprint density at radius 3 is 2.63 bits per heavy atom. The van der Waals surface area contributed by atoms with Gasteiger partial charge in [0.25, 0.3) is 0 Å². The number of nitrogens with zero attached hydrogens (tertiary/aromatic N) is 1. The number of rotatable bonds is 6. The fraction of sp³-hybridized carbons (Fsp3) is 0.267. The van der Waals surface area contributed by atoms with E-state index in [-0.39, 0.29) is 0 Å². The van der Waals surface area contributed by atoms with Crippen molar-refractivity contribution in [3.63, 3.8) is 0 Å². The first kappa shape index (κ1) is 14.0. The number of nitrogens with two attached hydrogens (primary N) is 1. The average molecular weight is 321 g/mol. The van der Waals surface area contributed by atoms with Crippen LogP contribution in [0.5, 0.6) is 5.75 Å². The summed E-state index contributed by atoms with van der Waals surface area (Å²) in [5, 5.41) is 0. The molecule has 1 aromatic carbocycles. The van der Waals surface area contributed by atoms with Gasteiger partial charge in [-0.3, -0.25) is 4.98 Å². The van der Waals surface area contributed by atoms with Gasteiger partial charge in [-0.1, -0.05) is 12.1 Å². The number of pyridine rings is 1. The molecule has 0 saturated heterocycles. The summed E-state index contributed by atoms with van der Waals surface area (Å²) in [7, 11) is 0. The number of para-hydroxylation sites is 1. The van der Waals surface area contributed by atoms with Crippen LogP contribution in [0.1, 0.15) is 11.1 Å². The molecule has 100 valence electrons. The van der Waals surface area contributed by atoms with Crippen LogP contribution in [0.2, 0.25) is 0 Å². The Kier molecular flexibility index (Phi) is 5.36. The second-order valence-electron chi connectivity index (χ2n) is 4.22. The van der Waals surface area contributed by atoms with Crippen LogP contribution in [-0.4, -0.2) is 18.1 Å². The summed E-state index contributed by atoms with van der Waals surface area (Å²) in [4.78, 5) is 4.00. The van der Waals surface area contributed by atoms with Crippen LogP contribution < -0.4 is 10.5 Å². The average Bonchev–Trinajstić information content (AvgIpc) is 2.43. The van der Waals surface area contributed by atoms with Crippen molar-refractivity contribution in [3.05, 3.63) is 58.3 Å². The number of aromatic nitrogens is 1. The van der Waals surface area contributed by atoms with Crippen molar-refractivity contribution in [2.75, 3.05) is 13.2 Å². The van der Waals surface area contributed by atoms with Crippen molar-refractivity contribution in [1.29, 1.82) is 0 Å². The maximum absolute atomic E-state index is 5.90. The second kappa shape index (κ2) is 7.26. The monoisotopic (exact) mass is 320 g/mol. The van der Waals surface area contributed by atoms with E-state index in [1.807, 2.05) is 24.3 Å². The molecule has 4 heteroatoms. The van der Waals surface area contributed by atoms with Gasteiger partial charge in [-0.05, 0) is 58.2 Å². The third-order valence-electron chi connectivity index (χ3n) is 2.85. The molecule has 0 saturated carbocycles. The molecule has 0 bridgehead atoms. The Labute approximate surface area is 121 Å². The highest BCUT2D eigenvalue weighted by Crippen LogP contribution is 2.29. The molecule has 1 aromatic heterocycles. The Hall–Kier alpha value is -1.39. The van der Waals surface area contributed by atoms with Crippen LogP contribution >= 0.6 is 15.9 Å². The molecule has 0 spiro atoms. The summed E-state index contributed by atoms with van der Waals surface area (Å²) in [5.74, 6) is 0.905. The summed E-state index contributed by atoms with van der Waals surface area (Å²) < 4.78 is 6.88. The largest absolute Gasteiger partial charge is 0.492 e. The molecule has 0 amide bonds. The minimum atomic E-state index is 0.622. The molecule has 0 fully saturated rings. The molecule has 2 rings (SSSR count). The van der Waals surface area contributed by atoms with Gasteiger partial charge in [-0.2, -0.15) is 0 Å². The second-order valence-corrected chi connectivity index (χ2v) is 5.08. The first-order chi connectivity index (χ1) is 9.31. The molecule has 2 aromatic rings. The summed E-state index contributed by atoms with van der Waals surface area (Å²) in [5.41, 5.74) is 7.99. The van der Waals surface area contributed by atoms with Crippen LogP contribution in [0.3, 0.4) is 0 Å². The van der Waals surface area contributed by atoms with Crippen molar-refractivity contribution in [1.82, 2.24) is 4.98 Å². The van der Waals surface area contributed by atoms with Crippen molar-refractivity contribution < 1.29 is 4.74 Å². The molecule has 0 aliphatic rings. The predicted molar refractivity (Wildman–Crippen MR) is 80.3 cm³/mol. The van der Waals surface area contributed by atoms with Gasteiger partial charge in [-0.15, -0.1) is 0 Å². The number of hydrogen-bond acceptors (Lipinski definition) is 3. The first-order valence-corrected chi connectivity index (χ1v) is 7.09. The van der Waals surface area contributed by atoms with E-state index in [9.17, 15) is 0 Å². The van der Waals surface area contributed by atoms with Gasteiger partial charge in [0.15, 0.2) is 0 Å². The molecule has 0 radical (unpaired) electrons. The maximum atomic E-state index is 5.90. The quantitative estimate of drug-likeness (QED) is 0.890. The summed E-state index contributed by atoms with van der Waals surface area (Å²) >= 11 is 3.53. The third kappa shape index (κ3) is 4.04. The predicted octanol–water partition coefficient (Wildman–Crippen LogP) is 2.97. The van der Waals surface area contributed by atoms with Crippen LogP contribution in [0.4, 0.5) is 0 Å². The van der Waals surface area contributed by atoms with E-state index < -0.39 is 0 Å². The summed E-state index contributed by atoms with van der Waals surface area (Å²) in [6, 6.07) is 10.1. The number of hydrogen-bond donors (Lipinski definition) is 1. The Morgan fingerprint density at radius 1 is 1.11 bits per heavy atom. The van der Waals surface area contributed by atoms with E-state index in [1.54, 1.807) is 12.4 Å². The number of benzene rings is 1. The molecule has 0 unspecified atom stereocenters. The van der Waals surface area contributed by atoms with Gasteiger partial charge >= 0.3 is 0 Å². The van der Waals surface area contributed by atoms with Gasteiger partial charge in [0.1, 0.15) is 5.75 Å². The SMILES string of the molecule is NCCc1cccc(Br)c1OCCc1ccncc1. The highest BCUT2D eigenvalue weighted by atomic mass is 79.9. The minimum absolute atomic E-state index is 0.622. The highest BCUT2D eigenvalue weighted by Gasteiger charge is 2.07.